The lowest BCUT2D eigenvalue weighted by Crippen LogP contribution is -2.52. The molecule has 1 amide bonds. The van der Waals surface area contributed by atoms with Gasteiger partial charge in [0, 0.05) is 39.8 Å². The van der Waals surface area contributed by atoms with Crippen molar-refractivity contribution in [1.29, 1.82) is 0 Å². The van der Waals surface area contributed by atoms with Crippen LogP contribution in [0.4, 0.5) is 5.95 Å². The molecule has 0 N–H and O–H groups in total. The van der Waals surface area contributed by atoms with E-state index in [1.807, 2.05) is 23.1 Å². The quantitative estimate of drug-likeness (QED) is 0.806. The molecule has 7 heteroatoms. The molecule has 0 saturated carbocycles. The van der Waals surface area contributed by atoms with Crippen LogP contribution in [0.3, 0.4) is 0 Å². The van der Waals surface area contributed by atoms with E-state index in [1.165, 1.54) is 0 Å². The van der Waals surface area contributed by atoms with Crippen molar-refractivity contribution < 1.29 is 9.53 Å². The van der Waals surface area contributed by atoms with Crippen molar-refractivity contribution in [1.82, 2.24) is 14.5 Å². The van der Waals surface area contributed by atoms with E-state index in [9.17, 15) is 9.59 Å². The summed E-state index contributed by atoms with van der Waals surface area (Å²) in [6, 6.07) is 7.39. The molecule has 2 fully saturated rings. The highest BCUT2D eigenvalue weighted by atomic mass is 16.5. The van der Waals surface area contributed by atoms with Crippen molar-refractivity contribution in [3.63, 3.8) is 0 Å². The summed E-state index contributed by atoms with van der Waals surface area (Å²) in [4.78, 5) is 33.6. The third-order valence-electron chi connectivity index (χ3n) is 5.04. The van der Waals surface area contributed by atoms with Gasteiger partial charge in [-0.2, -0.15) is 0 Å². The molecule has 2 aromatic rings. The molecule has 1 aromatic carbocycles. The van der Waals surface area contributed by atoms with Crippen molar-refractivity contribution in [2.24, 2.45) is 7.05 Å². The fourth-order valence-corrected chi connectivity index (χ4v) is 3.59. The van der Waals surface area contributed by atoms with Crippen LogP contribution < -0.4 is 10.5 Å². The van der Waals surface area contributed by atoms with Gasteiger partial charge in [-0.3, -0.25) is 14.2 Å². The van der Waals surface area contributed by atoms with Gasteiger partial charge in [0.05, 0.1) is 10.9 Å². The second kappa shape index (κ2) is 6.48. The fourth-order valence-electron chi connectivity index (χ4n) is 3.59. The zero-order chi connectivity index (χ0) is 17.4. The van der Waals surface area contributed by atoms with Gasteiger partial charge in [0.1, 0.15) is 6.10 Å². The van der Waals surface area contributed by atoms with Gasteiger partial charge in [-0.15, -0.1) is 0 Å². The first-order valence-electron chi connectivity index (χ1n) is 8.76. The maximum absolute atomic E-state index is 12.6. The first kappa shape index (κ1) is 16.1. The number of benzene rings is 1. The number of carbonyl (C=O) groups is 1. The molecule has 25 heavy (non-hydrogen) atoms. The van der Waals surface area contributed by atoms with E-state index >= 15 is 0 Å². The molecule has 2 aliphatic heterocycles. The summed E-state index contributed by atoms with van der Waals surface area (Å²) in [6.07, 6.45) is 1.51. The van der Waals surface area contributed by atoms with Crippen LogP contribution in [0.1, 0.15) is 12.8 Å². The van der Waals surface area contributed by atoms with E-state index in [0.717, 1.165) is 12.8 Å². The molecule has 0 aliphatic carbocycles. The van der Waals surface area contributed by atoms with E-state index in [0.29, 0.717) is 49.6 Å². The summed E-state index contributed by atoms with van der Waals surface area (Å²) in [7, 11) is 1.75. The van der Waals surface area contributed by atoms with E-state index in [-0.39, 0.29) is 17.6 Å². The molecule has 1 unspecified atom stereocenters. The van der Waals surface area contributed by atoms with E-state index < -0.39 is 0 Å². The first-order chi connectivity index (χ1) is 12.1. The maximum Gasteiger partial charge on any atom is 0.262 e. The zero-order valence-electron chi connectivity index (χ0n) is 14.4. The summed E-state index contributed by atoms with van der Waals surface area (Å²) < 4.78 is 7.10. The van der Waals surface area contributed by atoms with Crippen LogP contribution >= 0.6 is 0 Å². The van der Waals surface area contributed by atoms with Crippen molar-refractivity contribution >= 4 is 22.8 Å². The monoisotopic (exact) mass is 342 g/mol. The summed E-state index contributed by atoms with van der Waals surface area (Å²) in [5.74, 6) is 0.755. The first-order valence-corrected chi connectivity index (χ1v) is 8.76. The molecule has 3 heterocycles. The summed E-state index contributed by atoms with van der Waals surface area (Å²) in [6.45, 7) is 3.26. The predicted octanol–water partition coefficient (Wildman–Crippen LogP) is 0.761. The lowest BCUT2D eigenvalue weighted by atomic mass is 10.2. The van der Waals surface area contributed by atoms with Crippen LogP contribution in [0.2, 0.25) is 0 Å². The molecule has 2 aliphatic rings. The Morgan fingerprint density at radius 2 is 1.96 bits per heavy atom. The highest BCUT2D eigenvalue weighted by molar-refractivity contribution is 5.81. The topological polar surface area (TPSA) is 67.7 Å². The van der Waals surface area contributed by atoms with E-state index in [4.69, 9.17) is 4.74 Å². The molecular formula is C18H22N4O3. The van der Waals surface area contributed by atoms with Crippen LogP contribution in [-0.4, -0.2) is 59.2 Å². The van der Waals surface area contributed by atoms with Gasteiger partial charge in [0.15, 0.2) is 0 Å². The number of nitrogens with zero attached hydrogens (tertiary/aromatic N) is 4. The van der Waals surface area contributed by atoms with Crippen LogP contribution in [0.5, 0.6) is 0 Å². The second-order valence-electron chi connectivity index (χ2n) is 6.61. The van der Waals surface area contributed by atoms with Crippen molar-refractivity contribution in [2.75, 3.05) is 37.7 Å². The minimum Gasteiger partial charge on any atom is -0.368 e. The smallest absolute Gasteiger partial charge is 0.262 e. The number of ether oxygens (including phenoxy) is 1. The number of para-hydroxylation sites is 1. The van der Waals surface area contributed by atoms with Crippen LogP contribution in [0, 0.1) is 0 Å². The Hall–Kier alpha value is -2.41. The van der Waals surface area contributed by atoms with Crippen molar-refractivity contribution in [3.8, 4) is 0 Å². The van der Waals surface area contributed by atoms with E-state index in [2.05, 4.69) is 9.88 Å². The average molecular weight is 342 g/mol. The molecule has 1 aromatic heterocycles. The number of aromatic nitrogens is 2. The number of hydrogen-bond donors (Lipinski definition) is 0. The standard InChI is InChI=1S/C18H22N4O3/c1-20-16(23)13-5-2-3-6-14(13)19-18(20)22-10-8-21(9-11-22)17(24)15-7-4-12-25-15/h2-3,5-6,15H,4,7-12H2,1H3. The van der Waals surface area contributed by atoms with Crippen molar-refractivity contribution in [2.45, 2.75) is 18.9 Å². The predicted molar refractivity (Wildman–Crippen MR) is 94.8 cm³/mol. The number of amides is 1. The summed E-state index contributed by atoms with van der Waals surface area (Å²) in [5, 5.41) is 0.626. The molecule has 132 valence electrons. The molecule has 0 spiro atoms. The molecule has 2 saturated heterocycles. The summed E-state index contributed by atoms with van der Waals surface area (Å²) in [5.41, 5.74) is 0.664. The Bertz CT molecular complexity index is 849. The normalized spacial score (nSPS) is 21.1. The second-order valence-corrected chi connectivity index (χ2v) is 6.61. The van der Waals surface area contributed by atoms with E-state index in [1.54, 1.807) is 17.7 Å². The number of rotatable bonds is 2. The molecule has 0 radical (unpaired) electrons. The van der Waals surface area contributed by atoms with Gasteiger partial charge in [-0.1, -0.05) is 12.1 Å². The Morgan fingerprint density at radius 3 is 2.68 bits per heavy atom. The third kappa shape index (κ3) is 2.89. The van der Waals surface area contributed by atoms with Gasteiger partial charge < -0.3 is 14.5 Å². The van der Waals surface area contributed by atoms with Gasteiger partial charge in [0.2, 0.25) is 5.95 Å². The molecule has 0 bridgehead atoms. The van der Waals surface area contributed by atoms with Crippen LogP contribution in [0.15, 0.2) is 29.1 Å². The number of carbonyl (C=O) groups excluding carboxylic acids is 1. The van der Waals surface area contributed by atoms with Crippen molar-refractivity contribution in [3.05, 3.63) is 34.6 Å². The highest BCUT2D eigenvalue weighted by Crippen LogP contribution is 2.19. The molecule has 7 nitrogen and oxygen atoms in total. The molecular weight excluding hydrogens is 320 g/mol. The minimum atomic E-state index is -0.269. The van der Waals surface area contributed by atoms with Crippen LogP contribution in [-0.2, 0) is 16.6 Å². The lowest BCUT2D eigenvalue weighted by Gasteiger charge is -2.36. The SMILES string of the molecule is Cn1c(N2CCN(C(=O)C3CCCO3)CC2)nc2ccccc2c1=O. The number of piperazine rings is 1. The fraction of sp³-hybridized carbons (Fsp3) is 0.500. The van der Waals surface area contributed by atoms with Gasteiger partial charge in [-0.25, -0.2) is 4.98 Å². The number of fused-ring (bicyclic) bond motifs is 1. The van der Waals surface area contributed by atoms with Gasteiger partial charge in [0.25, 0.3) is 11.5 Å². The van der Waals surface area contributed by atoms with Crippen LogP contribution in [0.25, 0.3) is 10.9 Å². The summed E-state index contributed by atoms with van der Waals surface area (Å²) >= 11 is 0. The Kier molecular flexibility index (Phi) is 4.17. The minimum absolute atomic E-state index is 0.0431. The van der Waals surface area contributed by atoms with Gasteiger partial charge >= 0.3 is 0 Å². The largest absolute Gasteiger partial charge is 0.368 e. The number of anilines is 1. The lowest BCUT2D eigenvalue weighted by molar-refractivity contribution is -0.141. The Morgan fingerprint density at radius 1 is 1.20 bits per heavy atom. The zero-order valence-corrected chi connectivity index (χ0v) is 14.4. The highest BCUT2D eigenvalue weighted by Gasteiger charge is 2.31. The third-order valence-corrected chi connectivity index (χ3v) is 5.04. The molecule has 1 atom stereocenters. The van der Waals surface area contributed by atoms with Gasteiger partial charge in [-0.05, 0) is 25.0 Å². The average Bonchev–Trinajstić information content (AvgIpc) is 3.19. The maximum atomic E-state index is 12.6. The number of hydrogen-bond acceptors (Lipinski definition) is 5. The Labute approximate surface area is 145 Å². The Balaban J connectivity index is 1.53. The molecule has 4 rings (SSSR count).